The third-order valence-electron chi connectivity index (χ3n) is 3.44. The summed E-state index contributed by atoms with van der Waals surface area (Å²) in [7, 11) is 0. The van der Waals surface area contributed by atoms with Gasteiger partial charge in [0.1, 0.15) is 12.2 Å². The standard InChI is InChI=1S/C12H22N4O/c1-10(2)16-12(13-9-14-16)7-15-6-4-3-5-11(15)8-17/h9-11,17H,3-8H2,1-2H3. The number of aliphatic hydroxyl groups is 1. The van der Waals surface area contributed by atoms with Gasteiger partial charge in [0, 0.05) is 12.1 Å². The van der Waals surface area contributed by atoms with Crippen LogP contribution in [0.2, 0.25) is 0 Å². The molecule has 1 atom stereocenters. The van der Waals surface area contributed by atoms with Gasteiger partial charge in [-0.25, -0.2) is 9.67 Å². The molecule has 1 aromatic rings. The van der Waals surface area contributed by atoms with Crippen LogP contribution < -0.4 is 0 Å². The third-order valence-corrected chi connectivity index (χ3v) is 3.44. The van der Waals surface area contributed by atoms with Crippen LogP contribution in [0.25, 0.3) is 0 Å². The number of piperidine rings is 1. The topological polar surface area (TPSA) is 54.2 Å². The van der Waals surface area contributed by atoms with E-state index in [1.807, 2.05) is 4.68 Å². The fourth-order valence-corrected chi connectivity index (χ4v) is 2.48. The Morgan fingerprint density at radius 1 is 1.47 bits per heavy atom. The van der Waals surface area contributed by atoms with Gasteiger partial charge < -0.3 is 5.11 Å². The van der Waals surface area contributed by atoms with E-state index in [2.05, 4.69) is 28.8 Å². The fourth-order valence-electron chi connectivity index (χ4n) is 2.48. The number of aromatic nitrogens is 3. The van der Waals surface area contributed by atoms with E-state index in [0.29, 0.717) is 12.1 Å². The van der Waals surface area contributed by atoms with Crippen LogP contribution in [0.1, 0.15) is 45.0 Å². The zero-order valence-electron chi connectivity index (χ0n) is 10.7. The molecule has 17 heavy (non-hydrogen) atoms. The lowest BCUT2D eigenvalue weighted by Gasteiger charge is -2.34. The first-order valence-corrected chi connectivity index (χ1v) is 6.45. The van der Waals surface area contributed by atoms with E-state index in [4.69, 9.17) is 0 Å². The smallest absolute Gasteiger partial charge is 0.141 e. The zero-order valence-corrected chi connectivity index (χ0v) is 10.7. The van der Waals surface area contributed by atoms with Crippen LogP contribution in [0.4, 0.5) is 0 Å². The van der Waals surface area contributed by atoms with Gasteiger partial charge in [-0.3, -0.25) is 4.90 Å². The first-order chi connectivity index (χ1) is 8.22. The van der Waals surface area contributed by atoms with Gasteiger partial charge in [-0.05, 0) is 33.2 Å². The van der Waals surface area contributed by atoms with Gasteiger partial charge in [-0.1, -0.05) is 6.42 Å². The Bertz CT molecular complexity index is 350. The van der Waals surface area contributed by atoms with Crippen molar-refractivity contribution < 1.29 is 5.11 Å². The summed E-state index contributed by atoms with van der Waals surface area (Å²) in [5, 5.41) is 13.6. The van der Waals surface area contributed by atoms with E-state index in [1.54, 1.807) is 6.33 Å². The van der Waals surface area contributed by atoms with Crippen molar-refractivity contribution in [3.63, 3.8) is 0 Å². The number of aliphatic hydroxyl groups excluding tert-OH is 1. The highest BCUT2D eigenvalue weighted by atomic mass is 16.3. The molecular weight excluding hydrogens is 216 g/mol. The maximum absolute atomic E-state index is 9.38. The van der Waals surface area contributed by atoms with Crippen LogP contribution >= 0.6 is 0 Å². The Kier molecular flexibility index (Phi) is 4.12. The molecule has 1 N–H and O–H groups in total. The second-order valence-electron chi connectivity index (χ2n) is 5.02. The van der Waals surface area contributed by atoms with Gasteiger partial charge in [0.2, 0.25) is 0 Å². The molecule has 5 heteroatoms. The van der Waals surface area contributed by atoms with Crippen molar-refractivity contribution in [1.82, 2.24) is 19.7 Å². The Morgan fingerprint density at radius 3 is 3.00 bits per heavy atom. The van der Waals surface area contributed by atoms with Crippen molar-refractivity contribution in [2.24, 2.45) is 0 Å². The molecule has 1 aliphatic heterocycles. The largest absolute Gasteiger partial charge is 0.395 e. The lowest BCUT2D eigenvalue weighted by Crippen LogP contribution is -2.41. The summed E-state index contributed by atoms with van der Waals surface area (Å²) < 4.78 is 1.96. The molecule has 0 bridgehead atoms. The SMILES string of the molecule is CC(C)n1ncnc1CN1CCCCC1CO. The summed E-state index contributed by atoms with van der Waals surface area (Å²) in [6.07, 6.45) is 5.14. The molecule has 0 spiro atoms. The lowest BCUT2D eigenvalue weighted by molar-refractivity contribution is 0.0803. The van der Waals surface area contributed by atoms with Crippen LogP contribution in [0.15, 0.2) is 6.33 Å². The fraction of sp³-hybridized carbons (Fsp3) is 0.833. The van der Waals surface area contributed by atoms with Gasteiger partial charge in [0.15, 0.2) is 0 Å². The van der Waals surface area contributed by atoms with Crippen molar-refractivity contribution in [1.29, 1.82) is 0 Å². The van der Waals surface area contributed by atoms with Crippen LogP contribution in [-0.4, -0.2) is 44.0 Å². The van der Waals surface area contributed by atoms with Crippen LogP contribution in [0, 0.1) is 0 Å². The lowest BCUT2D eigenvalue weighted by atomic mass is 10.0. The number of nitrogens with zero attached hydrogens (tertiary/aromatic N) is 4. The molecule has 1 unspecified atom stereocenters. The summed E-state index contributed by atoms with van der Waals surface area (Å²) >= 11 is 0. The Balaban J connectivity index is 2.05. The second-order valence-corrected chi connectivity index (χ2v) is 5.02. The molecule has 1 saturated heterocycles. The Hall–Kier alpha value is -0.940. The molecule has 0 radical (unpaired) electrons. The van der Waals surface area contributed by atoms with Crippen molar-refractivity contribution in [3.05, 3.63) is 12.2 Å². The normalized spacial score (nSPS) is 22.2. The number of hydrogen-bond donors (Lipinski definition) is 1. The van der Waals surface area contributed by atoms with Crippen LogP contribution in [0.5, 0.6) is 0 Å². The molecule has 5 nitrogen and oxygen atoms in total. The molecule has 0 amide bonds. The molecule has 1 fully saturated rings. The van der Waals surface area contributed by atoms with Gasteiger partial charge in [0.05, 0.1) is 13.2 Å². The number of likely N-dealkylation sites (tertiary alicyclic amines) is 1. The summed E-state index contributed by atoms with van der Waals surface area (Å²) in [6, 6.07) is 0.630. The van der Waals surface area contributed by atoms with Gasteiger partial charge in [-0.15, -0.1) is 0 Å². The van der Waals surface area contributed by atoms with Crippen molar-refractivity contribution >= 4 is 0 Å². The number of hydrogen-bond acceptors (Lipinski definition) is 4. The zero-order chi connectivity index (χ0) is 12.3. The molecular formula is C12H22N4O. The summed E-state index contributed by atoms with van der Waals surface area (Å²) in [5.74, 6) is 1.00. The third kappa shape index (κ3) is 2.84. The van der Waals surface area contributed by atoms with E-state index >= 15 is 0 Å². The maximum Gasteiger partial charge on any atom is 0.141 e. The summed E-state index contributed by atoms with van der Waals surface area (Å²) in [4.78, 5) is 6.65. The van der Waals surface area contributed by atoms with Crippen molar-refractivity contribution in [3.8, 4) is 0 Å². The van der Waals surface area contributed by atoms with Crippen LogP contribution in [-0.2, 0) is 6.54 Å². The van der Waals surface area contributed by atoms with Crippen molar-refractivity contribution in [2.75, 3.05) is 13.2 Å². The van der Waals surface area contributed by atoms with E-state index in [0.717, 1.165) is 25.3 Å². The van der Waals surface area contributed by atoms with E-state index < -0.39 is 0 Å². The number of rotatable bonds is 4. The molecule has 0 aliphatic carbocycles. The molecule has 1 aliphatic rings. The highest BCUT2D eigenvalue weighted by molar-refractivity contribution is 4.89. The average Bonchev–Trinajstić information content (AvgIpc) is 2.78. The molecule has 2 heterocycles. The van der Waals surface area contributed by atoms with Gasteiger partial charge >= 0.3 is 0 Å². The monoisotopic (exact) mass is 238 g/mol. The van der Waals surface area contributed by atoms with Crippen molar-refractivity contribution in [2.45, 2.75) is 51.7 Å². The average molecular weight is 238 g/mol. The summed E-state index contributed by atoms with van der Waals surface area (Å²) in [6.45, 7) is 6.31. The molecule has 2 rings (SSSR count). The van der Waals surface area contributed by atoms with Gasteiger partial charge in [-0.2, -0.15) is 5.10 Å². The first-order valence-electron chi connectivity index (χ1n) is 6.45. The highest BCUT2D eigenvalue weighted by Crippen LogP contribution is 2.19. The minimum Gasteiger partial charge on any atom is -0.395 e. The maximum atomic E-state index is 9.38. The van der Waals surface area contributed by atoms with Gasteiger partial charge in [0.25, 0.3) is 0 Å². The minimum absolute atomic E-state index is 0.246. The second kappa shape index (κ2) is 5.60. The van der Waals surface area contributed by atoms with E-state index in [1.165, 1.54) is 12.8 Å². The van der Waals surface area contributed by atoms with Crippen LogP contribution in [0.3, 0.4) is 0 Å². The molecule has 0 saturated carbocycles. The van der Waals surface area contributed by atoms with E-state index in [-0.39, 0.29) is 6.61 Å². The molecule has 1 aromatic heterocycles. The highest BCUT2D eigenvalue weighted by Gasteiger charge is 2.23. The minimum atomic E-state index is 0.246. The summed E-state index contributed by atoms with van der Waals surface area (Å²) in [5.41, 5.74) is 0. The predicted molar refractivity (Wildman–Crippen MR) is 65.5 cm³/mol. The van der Waals surface area contributed by atoms with E-state index in [9.17, 15) is 5.11 Å². The first kappa shape index (κ1) is 12.5. The molecule has 0 aromatic carbocycles. The quantitative estimate of drug-likeness (QED) is 0.856. The Morgan fingerprint density at radius 2 is 2.29 bits per heavy atom. The molecule has 96 valence electrons. The Labute approximate surface area is 102 Å². The predicted octanol–water partition coefficient (Wildman–Crippen LogP) is 1.21.